The fraction of sp³-hybridized carbons (Fsp3) is 0.656. The van der Waals surface area contributed by atoms with E-state index in [9.17, 15) is 19.2 Å². The molecular formula is C64H106N4O12S2Si4. The number of nitrogens with one attached hydrogen (secondary N) is 2. The zero-order valence-corrected chi connectivity index (χ0v) is 61.3. The van der Waals surface area contributed by atoms with Crippen molar-refractivity contribution < 1.29 is 57.1 Å². The van der Waals surface area contributed by atoms with Gasteiger partial charge in [0.1, 0.15) is 0 Å². The third-order valence-corrected chi connectivity index (χ3v) is 21.4. The molecule has 2 N–H and O–H groups in total. The first kappa shape index (κ1) is 75.8. The van der Waals surface area contributed by atoms with Gasteiger partial charge >= 0.3 is 24.4 Å². The van der Waals surface area contributed by atoms with E-state index in [0.717, 1.165) is 65.9 Å². The minimum Gasteiger partial charge on any atom is -0.450 e. The summed E-state index contributed by atoms with van der Waals surface area (Å²) in [6.07, 6.45) is -1.65. The Morgan fingerprint density at radius 2 is 0.744 bits per heavy atom. The van der Waals surface area contributed by atoms with E-state index < -0.39 is 44.5 Å². The van der Waals surface area contributed by atoms with Crippen LogP contribution in [0.25, 0.3) is 22.3 Å². The summed E-state index contributed by atoms with van der Waals surface area (Å²) >= 11 is 3.15. The smallest absolute Gasteiger partial charge is 0.410 e. The lowest BCUT2D eigenvalue weighted by Gasteiger charge is -2.23. The Labute approximate surface area is 529 Å². The highest BCUT2D eigenvalue weighted by molar-refractivity contribution is 7.13. The van der Waals surface area contributed by atoms with Gasteiger partial charge in [0.15, 0.2) is 0 Å². The number of carbonyl (C=O) groups is 4. The highest BCUT2D eigenvalue weighted by Crippen LogP contribution is 2.37. The standard InChI is InChI=1S/C64H106N4O12S2Si4/c1-63(2,3)25-23-57-55(47-53(81-57)49-67(61(71)79-41-45-85(13,14)15)29-33-75-37-35-73-31-27-65-59(69)77-39-43-83(7,8)9)51-19-21-52(22-20-51)56-48-54(82-58(56)24-26-64(4,5)6)50-68(62(72)80-42-46-86(16,17)18)30-34-76-38-36-74-32-28-66-60(70)78-40-44-84(10,11)12/h19-22,47-48H,27-46,49-50H2,1-18H3,(H,65,69)(H,66,70). The summed E-state index contributed by atoms with van der Waals surface area (Å²) in [5, 5.41) is 5.45. The van der Waals surface area contributed by atoms with E-state index >= 15 is 0 Å². The fourth-order valence-electron chi connectivity index (χ4n) is 7.34. The molecule has 482 valence electrons. The number of hydrogen-bond acceptors (Lipinski definition) is 14. The number of alkyl carbamates (subject to hydrolysis) is 2. The minimum atomic E-state index is -1.46. The SMILES string of the molecule is CC(C)(C)C#Cc1sc(CN(CCOCCOCCNC(=O)OCC[Si](C)(C)C)C(=O)OCC[Si](C)(C)C)cc1-c1ccc(-c2cc(CN(CCOCCOCCNC(=O)OCC[Si](C)(C)C)C(=O)OCC[Si](C)(C)C)sc2C#CC(C)(C)C)cc1. The Kier molecular flexibility index (Phi) is 32.5. The second-order valence-corrected chi connectivity index (χ2v) is 53.1. The molecule has 2 heterocycles. The van der Waals surface area contributed by atoms with Crippen LogP contribution >= 0.6 is 22.7 Å². The van der Waals surface area contributed by atoms with E-state index in [1.54, 1.807) is 32.5 Å². The highest BCUT2D eigenvalue weighted by atomic mass is 32.1. The maximum atomic E-state index is 13.8. The average Bonchev–Trinajstić information content (AvgIpc) is 3.80. The first-order valence-corrected chi connectivity index (χ1v) is 46.9. The molecule has 0 atom stereocenters. The molecule has 0 saturated carbocycles. The van der Waals surface area contributed by atoms with Crippen molar-refractivity contribution in [3.63, 3.8) is 0 Å². The number of nitrogens with zero attached hydrogens (tertiary/aromatic N) is 2. The van der Waals surface area contributed by atoms with Gasteiger partial charge in [-0.3, -0.25) is 0 Å². The van der Waals surface area contributed by atoms with E-state index in [1.807, 2.05) is 0 Å². The number of hydrogen-bond donors (Lipinski definition) is 2. The molecule has 3 rings (SSSR count). The van der Waals surface area contributed by atoms with Gasteiger partial charge in [0.05, 0.1) is 102 Å². The molecule has 0 saturated heterocycles. The molecular weight excluding hydrogens is 1190 g/mol. The maximum Gasteiger partial charge on any atom is 0.410 e. The van der Waals surface area contributed by atoms with Gasteiger partial charge in [-0.25, -0.2) is 19.2 Å². The molecule has 2 aromatic heterocycles. The second kappa shape index (κ2) is 36.9. The summed E-state index contributed by atoms with van der Waals surface area (Å²) in [6.45, 7) is 45.5. The van der Waals surface area contributed by atoms with Gasteiger partial charge in [-0.05, 0) is 89.0 Å². The lowest BCUT2D eigenvalue weighted by molar-refractivity contribution is 0.0355. The molecule has 1 aromatic carbocycles. The number of carbonyl (C=O) groups excluding carboxylic acids is 4. The molecule has 0 aliphatic heterocycles. The first-order valence-electron chi connectivity index (χ1n) is 30.4. The molecule has 4 amide bonds. The third kappa shape index (κ3) is 35.5. The zero-order valence-electron chi connectivity index (χ0n) is 55.6. The fourth-order valence-corrected chi connectivity index (χ4v) is 12.3. The normalized spacial score (nSPS) is 12.1. The molecule has 0 unspecified atom stereocenters. The molecule has 0 spiro atoms. The Morgan fingerprint density at radius 3 is 1.05 bits per heavy atom. The van der Waals surface area contributed by atoms with E-state index in [1.165, 1.54) is 0 Å². The van der Waals surface area contributed by atoms with Crippen molar-refractivity contribution in [3.05, 3.63) is 55.9 Å². The first-order chi connectivity index (χ1) is 40.0. The Morgan fingerprint density at radius 1 is 0.442 bits per heavy atom. The highest BCUT2D eigenvalue weighted by Gasteiger charge is 2.24. The molecule has 16 nitrogen and oxygen atoms in total. The van der Waals surface area contributed by atoms with Gasteiger partial charge in [0.2, 0.25) is 0 Å². The van der Waals surface area contributed by atoms with E-state index in [0.29, 0.717) is 105 Å². The van der Waals surface area contributed by atoms with Crippen molar-refractivity contribution in [2.75, 3.05) is 105 Å². The van der Waals surface area contributed by atoms with Crippen molar-refractivity contribution in [1.82, 2.24) is 20.4 Å². The van der Waals surface area contributed by atoms with Gasteiger partial charge in [-0.2, -0.15) is 0 Å². The summed E-state index contributed by atoms with van der Waals surface area (Å²) in [5.74, 6) is 13.9. The largest absolute Gasteiger partial charge is 0.450 e. The number of rotatable bonds is 36. The van der Waals surface area contributed by atoms with Crippen LogP contribution in [0.3, 0.4) is 0 Å². The average molecular weight is 1300 g/mol. The van der Waals surface area contributed by atoms with Crippen molar-refractivity contribution in [2.45, 2.75) is 157 Å². The summed E-state index contributed by atoms with van der Waals surface area (Å²) in [7, 11) is -5.50. The topological polar surface area (TPSA) is 173 Å². The Hall–Kier alpha value is -4.47. The summed E-state index contributed by atoms with van der Waals surface area (Å²) < 4.78 is 45.6. The van der Waals surface area contributed by atoms with E-state index in [-0.39, 0.29) is 36.2 Å². The van der Waals surface area contributed by atoms with Crippen LogP contribution in [0, 0.1) is 34.5 Å². The lowest BCUT2D eigenvalue weighted by Crippen LogP contribution is -2.35. The summed E-state index contributed by atoms with van der Waals surface area (Å²) in [4.78, 5) is 58.8. The number of ether oxygens (including phenoxy) is 8. The molecule has 3 aromatic rings. The van der Waals surface area contributed by atoms with Gasteiger partial charge in [0, 0.05) is 90.2 Å². The lowest BCUT2D eigenvalue weighted by atomic mass is 9.96. The molecule has 22 heteroatoms. The maximum absolute atomic E-state index is 13.8. The van der Waals surface area contributed by atoms with Gasteiger partial charge in [-0.15, -0.1) is 22.7 Å². The molecule has 86 heavy (non-hydrogen) atoms. The van der Waals surface area contributed by atoms with Crippen molar-refractivity contribution >= 4 is 79.3 Å². The van der Waals surface area contributed by atoms with Gasteiger partial charge in [-0.1, -0.05) is 127 Å². The van der Waals surface area contributed by atoms with Crippen molar-refractivity contribution in [1.29, 1.82) is 0 Å². The van der Waals surface area contributed by atoms with E-state index in [2.05, 4.69) is 191 Å². The van der Waals surface area contributed by atoms with Crippen LogP contribution in [0.5, 0.6) is 0 Å². The summed E-state index contributed by atoms with van der Waals surface area (Å²) in [5.41, 5.74) is 3.42. The summed E-state index contributed by atoms with van der Waals surface area (Å²) in [6, 6.07) is 16.3. The van der Waals surface area contributed by atoms with Crippen molar-refractivity contribution in [3.8, 4) is 45.9 Å². The van der Waals surface area contributed by atoms with Gasteiger partial charge < -0.3 is 58.3 Å². The van der Waals surface area contributed by atoms with Gasteiger partial charge in [0.25, 0.3) is 0 Å². The monoisotopic (exact) mass is 1300 g/mol. The van der Waals surface area contributed by atoms with Crippen LogP contribution in [0.15, 0.2) is 36.4 Å². The van der Waals surface area contributed by atoms with Crippen LogP contribution in [0.1, 0.15) is 61.1 Å². The van der Waals surface area contributed by atoms with Crippen molar-refractivity contribution in [2.24, 2.45) is 10.8 Å². The molecule has 0 fully saturated rings. The van der Waals surface area contributed by atoms with E-state index in [4.69, 9.17) is 37.9 Å². The number of thiophene rings is 2. The quantitative estimate of drug-likeness (QED) is 0.0245. The predicted molar refractivity (Wildman–Crippen MR) is 364 cm³/mol. The number of amides is 4. The Balaban J connectivity index is 1.82. The molecule has 0 aliphatic rings. The Bertz CT molecular complexity index is 2490. The second-order valence-electron chi connectivity index (χ2n) is 28.4. The zero-order chi connectivity index (χ0) is 64.2. The van der Waals surface area contributed by atoms with Crippen LogP contribution in [0.2, 0.25) is 103 Å². The minimum absolute atomic E-state index is 0.248. The van der Waals surface area contributed by atoms with Crippen LogP contribution < -0.4 is 10.6 Å². The molecule has 0 aliphatic carbocycles. The molecule has 0 radical (unpaired) electrons. The van der Waals surface area contributed by atoms with Crippen LogP contribution in [-0.4, -0.2) is 172 Å². The van der Waals surface area contributed by atoms with Crippen LogP contribution in [0.4, 0.5) is 19.2 Å². The molecule has 0 bridgehead atoms. The third-order valence-electron chi connectivity index (χ3n) is 12.5. The predicted octanol–water partition coefficient (Wildman–Crippen LogP) is 14.7. The number of benzene rings is 1. The van der Waals surface area contributed by atoms with Crippen LogP contribution in [-0.2, 0) is 51.0 Å².